The van der Waals surface area contributed by atoms with E-state index in [2.05, 4.69) is 0 Å². The SMILES string of the molecule is CCOc1cc(-c2ccc(Cl)cc2)nc2ccccc12. The van der Waals surface area contributed by atoms with Gasteiger partial charge < -0.3 is 4.74 Å². The average Bonchev–Trinajstić information content (AvgIpc) is 2.48. The van der Waals surface area contributed by atoms with Crippen molar-refractivity contribution in [1.82, 2.24) is 4.98 Å². The highest BCUT2D eigenvalue weighted by atomic mass is 35.5. The molecule has 0 bridgehead atoms. The van der Waals surface area contributed by atoms with Crippen molar-refractivity contribution in [3.8, 4) is 17.0 Å². The summed E-state index contributed by atoms with van der Waals surface area (Å²) in [5.41, 5.74) is 2.85. The summed E-state index contributed by atoms with van der Waals surface area (Å²) < 4.78 is 5.74. The van der Waals surface area contributed by atoms with Crippen LogP contribution >= 0.6 is 11.6 Å². The molecule has 0 N–H and O–H groups in total. The van der Waals surface area contributed by atoms with Gasteiger partial charge in [0, 0.05) is 22.0 Å². The van der Waals surface area contributed by atoms with Gasteiger partial charge >= 0.3 is 0 Å². The molecule has 0 saturated heterocycles. The van der Waals surface area contributed by atoms with Gasteiger partial charge in [-0.3, -0.25) is 0 Å². The minimum Gasteiger partial charge on any atom is -0.493 e. The van der Waals surface area contributed by atoms with E-state index >= 15 is 0 Å². The van der Waals surface area contributed by atoms with Crippen molar-refractivity contribution in [2.45, 2.75) is 6.92 Å². The molecule has 0 spiro atoms. The molecule has 0 aliphatic heterocycles. The van der Waals surface area contributed by atoms with E-state index in [4.69, 9.17) is 21.3 Å². The quantitative estimate of drug-likeness (QED) is 0.678. The van der Waals surface area contributed by atoms with E-state index in [0.717, 1.165) is 32.9 Å². The van der Waals surface area contributed by atoms with Gasteiger partial charge in [-0.15, -0.1) is 0 Å². The molecule has 20 heavy (non-hydrogen) atoms. The first-order valence-corrected chi connectivity index (χ1v) is 6.94. The molecule has 0 aliphatic carbocycles. The lowest BCUT2D eigenvalue weighted by Gasteiger charge is -2.10. The highest BCUT2D eigenvalue weighted by Crippen LogP contribution is 2.30. The topological polar surface area (TPSA) is 22.1 Å². The first kappa shape index (κ1) is 12.9. The van der Waals surface area contributed by atoms with E-state index < -0.39 is 0 Å². The average molecular weight is 284 g/mol. The Morgan fingerprint density at radius 2 is 1.80 bits per heavy atom. The van der Waals surface area contributed by atoms with Gasteiger partial charge in [-0.1, -0.05) is 35.9 Å². The number of para-hydroxylation sites is 1. The van der Waals surface area contributed by atoms with Gasteiger partial charge in [-0.2, -0.15) is 0 Å². The van der Waals surface area contributed by atoms with E-state index in [1.807, 2.05) is 61.5 Å². The van der Waals surface area contributed by atoms with Crippen molar-refractivity contribution in [1.29, 1.82) is 0 Å². The molecular formula is C17H14ClNO. The molecule has 3 aromatic rings. The van der Waals surface area contributed by atoms with Gasteiger partial charge in [-0.25, -0.2) is 4.98 Å². The van der Waals surface area contributed by atoms with Gasteiger partial charge in [0.15, 0.2) is 0 Å². The third kappa shape index (κ3) is 2.47. The summed E-state index contributed by atoms with van der Waals surface area (Å²) in [6, 6.07) is 17.7. The highest BCUT2D eigenvalue weighted by Gasteiger charge is 2.08. The Morgan fingerprint density at radius 3 is 2.55 bits per heavy atom. The van der Waals surface area contributed by atoms with Crippen LogP contribution in [0.15, 0.2) is 54.6 Å². The van der Waals surface area contributed by atoms with Crippen molar-refractivity contribution in [2.24, 2.45) is 0 Å². The minimum absolute atomic E-state index is 0.633. The number of hydrogen-bond donors (Lipinski definition) is 0. The summed E-state index contributed by atoms with van der Waals surface area (Å²) in [6.07, 6.45) is 0. The Bertz CT molecular complexity index is 738. The van der Waals surface area contributed by atoms with Gasteiger partial charge in [-0.05, 0) is 31.2 Å². The van der Waals surface area contributed by atoms with Crippen LogP contribution in [0.3, 0.4) is 0 Å². The number of rotatable bonds is 3. The van der Waals surface area contributed by atoms with E-state index in [1.165, 1.54) is 0 Å². The summed E-state index contributed by atoms with van der Waals surface area (Å²) in [6.45, 7) is 2.62. The summed E-state index contributed by atoms with van der Waals surface area (Å²) >= 11 is 5.93. The lowest BCUT2D eigenvalue weighted by molar-refractivity contribution is 0.344. The third-order valence-electron chi connectivity index (χ3n) is 3.12. The van der Waals surface area contributed by atoms with E-state index in [0.29, 0.717) is 6.61 Å². The zero-order valence-corrected chi connectivity index (χ0v) is 11.9. The number of halogens is 1. The maximum atomic E-state index is 5.93. The summed E-state index contributed by atoms with van der Waals surface area (Å²) in [4.78, 5) is 4.69. The lowest BCUT2D eigenvalue weighted by Crippen LogP contribution is -1.95. The monoisotopic (exact) mass is 283 g/mol. The molecular weight excluding hydrogens is 270 g/mol. The summed E-state index contributed by atoms with van der Waals surface area (Å²) in [7, 11) is 0. The molecule has 3 heteroatoms. The first-order chi connectivity index (χ1) is 9.78. The Balaban J connectivity index is 2.18. The Hall–Kier alpha value is -2.06. The second-order valence-electron chi connectivity index (χ2n) is 4.46. The number of aromatic nitrogens is 1. The molecule has 2 aromatic carbocycles. The van der Waals surface area contributed by atoms with Crippen LogP contribution in [0.2, 0.25) is 5.02 Å². The standard InChI is InChI=1S/C17H14ClNO/c1-2-20-17-11-16(12-7-9-13(18)10-8-12)19-15-6-4-3-5-14(15)17/h3-11H,2H2,1H3. The zero-order valence-electron chi connectivity index (χ0n) is 11.1. The van der Waals surface area contributed by atoms with Gasteiger partial charge in [0.25, 0.3) is 0 Å². The number of ether oxygens (including phenoxy) is 1. The number of fused-ring (bicyclic) bond motifs is 1. The van der Waals surface area contributed by atoms with Gasteiger partial charge in [0.2, 0.25) is 0 Å². The number of hydrogen-bond acceptors (Lipinski definition) is 2. The molecule has 2 nitrogen and oxygen atoms in total. The van der Waals surface area contributed by atoms with Crippen LogP contribution in [0.4, 0.5) is 0 Å². The fourth-order valence-electron chi connectivity index (χ4n) is 2.19. The lowest BCUT2D eigenvalue weighted by atomic mass is 10.1. The normalized spacial score (nSPS) is 10.7. The highest BCUT2D eigenvalue weighted by molar-refractivity contribution is 6.30. The van der Waals surface area contributed by atoms with E-state index in [1.54, 1.807) is 0 Å². The van der Waals surface area contributed by atoms with Crippen LogP contribution in [0.25, 0.3) is 22.2 Å². The summed E-state index contributed by atoms with van der Waals surface area (Å²) in [5, 5.41) is 1.76. The smallest absolute Gasteiger partial charge is 0.130 e. The molecule has 0 saturated carbocycles. The molecule has 1 aromatic heterocycles. The van der Waals surface area contributed by atoms with Crippen LogP contribution in [-0.4, -0.2) is 11.6 Å². The van der Waals surface area contributed by atoms with Crippen LogP contribution < -0.4 is 4.74 Å². The fraction of sp³-hybridized carbons (Fsp3) is 0.118. The van der Waals surface area contributed by atoms with E-state index in [9.17, 15) is 0 Å². The Morgan fingerprint density at radius 1 is 1.05 bits per heavy atom. The van der Waals surface area contributed by atoms with Crippen molar-refractivity contribution < 1.29 is 4.74 Å². The van der Waals surface area contributed by atoms with Gasteiger partial charge in [0.05, 0.1) is 17.8 Å². The maximum Gasteiger partial charge on any atom is 0.130 e. The van der Waals surface area contributed by atoms with Crippen molar-refractivity contribution in [2.75, 3.05) is 6.61 Å². The maximum absolute atomic E-state index is 5.93. The molecule has 0 atom stereocenters. The third-order valence-corrected chi connectivity index (χ3v) is 3.37. The van der Waals surface area contributed by atoms with Gasteiger partial charge in [0.1, 0.15) is 5.75 Å². The molecule has 0 aliphatic rings. The second-order valence-corrected chi connectivity index (χ2v) is 4.90. The Labute approximate surface area is 123 Å². The largest absolute Gasteiger partial charge is 0.493 e. The zero-order chi connectivity index (χ0) is 13.9. The number of nitrogens with zero attached hydrogens (tertiary/aromatic N) is 1. The van der Waals surface area contributed by atoms with Crippen LogP contribution in [0, 0.1) is 0 Å². The van der Waals surface area contributed by atoms with Crippen LogP contribution in [-0.2, 0) is 0 Å². The molecule has 0 radical (unpaired) electrons. The number of benzene rings is 2. The molecule has 0 amide bonds. The Kier molecular flexibility index (Phi) is 3.57. The van der Waals surface area contributed by atoms with Crippen molar-refractivity contribution >= 4 is 22.5 Å². The minimum atomic E-state index is 0.633. The molecule has 100 valence electrons. The molecule has 0 unspecified atom stereocenters. The van der Waals surface area contributed by atoms with Crippen molar-refractivity contribution in [3.05, 3.63) is 59.6 Å². The summed E-state index contributed by atoms with van der Waals surface area (Å²) in [5.74, 6) is 0.864. The fourth-order valence-corrected chi connectivity index (χ4v) is 2.31. The van der Waals surface area contributed by atoms with E-state index in [-0.39, 0.29) is 0 Å². The molecule has 0 fully saturated rings. The van der Waals surface area contributed by atoms with Crippen LogP contribution in [0.5, 0.6) is 5.75 Å². The predicted octanol–water partition coefficient (Wildman–Crippen LogP) is 4.95. The predicted molar refractivity (Wildman–Crippen MR) is 83.4 cm³/mol. The number of pyridine rings is 1. The first-order valence-electron chi connectivity index (χ1n) is 6.56. The second kappa shape index (κ2) is 5.51. The van der Waals surface area contributed by atoms with Crippen molar-refractivity contribution in [3.63, 3.8) is 0 Å². The molecule has 3 rings (SSSR count). The molecule has 1 heterocycles. The van der Waals surface area contributed by atoms with Crippen LogP contribution in [0.1, 0.15) is 6.92 Å².